The van der Waals surface area contributed by atoms with Crippen molar-refractivity contribution in [3.8, 4) is 0 Å². The highest BCUT2D eigenvalue weighted by Gasteiger charge is 1.95. The lowest BCUT2D eigenvalue weighted by Gasteiger charge is -2.01. The van der Waals surface area contributed by atoms with Gasteiger partial charge in [-0.2, -0.15) is 0 Å². The van der Waals surface area contributed by atoms with E-state index in [0.29, 0.717) is 12.2 Å². The van der Waals surface area contributed by atoms with E-state index in [1.54, 1.807) is 6.20 Å². The van der Waals surface area contributed by atoms with E-state index in [1.807, 2.05) is 13.0 Å². The fourth-order valence-electron chi connectivity index (χ4n) is 0.804. The largest absolute Gasteiger partial charge is 0.397 e. The molecule has 1 heterocycles. The fourth-order valence-corrected chi connectivity index (χ4v) is 0.804. The van der Waals surface area contributed by atoms with Crippen LogP contribution in [0.3, 0.4) is 0 Å². The lowest BCUT2D eigenvalue weighted by molar-refractivity contribution is 1.01. The third-order valence-electron chi connectivity index (χ3n) is 1.43. The Morgan fingerprint density at radius 3 is 2.80 bits per heavy atom. The van der Waals surface area contributed by atoms with Gasteiger partial charge in [0.15, 0.2) is 0 Å². The van der Waals surface area contributed by atoms with E-state index >= 15 is 0 Å². The van der Waals surface area contributed by atoms with E-state index in [9.17, 15) is 0 Å². The van der Waals surface area contributed by atoms with Gasteiger partial charge in [0.05, 0.1) is 11.9 Å². The van der Waals surface area contributed by atoms with Crippen LogP contribution in [0.25, 0.3) is 0 Å². The second-order valence-corrected chi connectivity index (χ2v) is 2.22. The van der Waals surface area contributed by atoms with Gasteiger partial charge in [0.2, 0.25) is 0 Å². The summed E-state index contributed by atoms with van der Waals surface area (Å²) in [5, 5.41) is 0. The summed E-state index contributed by atoms with van der Waals surface area (Å²) >= 11 is 0. The molecule has 0 fully saturated rings. The molecule has 3 nitrogen and oxygen atoms in total. The van der Waals surface area contributed by atoms with E-state index < -0.39 is 0 Å². The Morgan fingerprint density at radius 2 is 2.30 bits per heavy atom. The number of aromatic nitrogens is 1. The monoisotopic (exact) mass is 137 g/mol. The van der Waals surface area contributed by atoms with E-state index in [1.165, 1.54) is 0 Å². The highest BCUT2D eigenvalue weighted by molar-refractivity contribution is 5.39. The zero-order valence-electron chi connectivity index (χ0n) is 5.96. The molecule has 0 spiro atoms. The lowest BCUT2D eigenvalue weighted by atomic mass is 10.2. The number of hydrogen-bond acceptors (Lipinski definition) is 3. The van der Waals surface area contributed by atoms with Gasteiger partial charge in [0.1, 0.15) is 0 Å². The van der Waals surface area contributed by atoms with Crippen LogP contribution in [0.15, 0.2) is 12.3 Å². The molecule has 0 aromatic carbocycles. The number of rotatable bonds is 1. The number of aryl methyl sites for hydroxylation is 1. The Morgan fingerprint density at radius 1 is 1.60 bits per heavy atom. The fraction of sp³-hybridized carbons (Fsp3) is 0.286. The molecule has 0 unspecified atom stereocenters. The molecule has 0 amide bonds. The van der Waals surface area contributed by atoms with Crippen LogP contribution in [0.4, 0.5) is 5.69 Å². The molecule has 0 bridgehead atoms. The van der Waals surface area contributed by atoms with Crippen LogP contribution in [0.1, 0.15) is 11.3 Å². The van der Waals surface area contributed by atoms with E-state index in [4.69, 9.17) is 11.5 Å². The Kier molecular flexibility index (Phi) is 1.87. The highest BCUT2D eigenvalue weighted by Crippen LogP contribution is 2.07. The lowest BCUT2D eigenvalue weighted by Crippen LogP contribution is -2.01. The molecule has 0 aliphatic carbocycles. The normalized spacial score (nSPS) is 9.80. The smallest absolute Gasteiger partial charge is 0.0504 e. The minimum Gasteiger partial charge on any atom is -0.397 e. The first-order valence-electron chi connectivity index (χ1n) is 3.15. The van der Waals surface area contributed by atoms with E-state index in [-0.39, 0.29) is 0 Å². The number of nitrogens with zero attached hydrogens (tertiary/aromatic N) is 1. The van der Waals surface area contributed by atoms with Crippen molar-refractivity contribution < 1.29 is 0 Å². The molecule has 1 aromatic heterocycles. The van der Waals surface area contributed by atoms with Crippen molar-refractivity contribution >= 4 is 5.69 Å². The molecule has 54 valence electrons. The van der Waals surface area contributed by atoms with Crippen LogP contribution in [0.2, 0.25) is 0 Å². The molecule has 0 atom stereocenters. The molecule has 3 heteroatoms. The van der Waals surface area contributed by atoms with Crippen molar-refractivity contribution in [1.82, 2.24) is 4.98 Å². The molecular weight excluding hydrogens is 126 g/mol. The highest BCUT2D eigenvalue weighted by atomic mass is 14.7. The zero-order chi connectivity index (χ0) is 7.56. The number of hydrogen-bond donors (Lipinski definition) is 2. The summed E-state index contributed by atoms with van der Waals surface area (Å²) < 4.78 is 0. The number of anilines is 1. The van der Waals surface area contributed by atoms with Gasteiger partial charge in [-0.05, 0) is 18.6 Å². The van der Waals surface area contributed by atoms with Crippen molar-refractivity contribution in [2.45, 2.75) is 13.5 Å². The molecule has 0 saturated carbocycles. The van der Waals surface area contributed by atoms with Gasteiger partial charge in [-0.25, -0.2) is 0 Å². The SMILES string of the molecule is Cc1ncc(N)cc1CN. The third-order valence-corrected chi connectivity index (χ3v) is 1.43. The molecule has 10 heavy (non-hydrogen) atoms. The van der Waals surface area contributed by atoms with Crippen LogP contribution in [0, 0.1) is 6.92 Å². The van der Waals surface area contributed by atoms with Crippen LogP contribution in [-0.4, -0.2) is 4.98 Å². The van der Waals surface area contributed by atoms with Gasteiger partial charge in [0, 0.05) is 12.2 Å². The predicted molar refractivity (Wildman–Crippen MR) is 41.3 cm³/mol. The second kappa shape index (κ2) is 2.66. The standard InChI is InChI=1S/C7H11N3/c1-5-6(3-8)2-7(9)4-10-5/h2,4H,3,8-9H2,1H3. The first-order valence-corrected chi connectivity index (χ1v) is 3.15. The molecule has 4 N–H and O–H groups in total. The van der Waals surface area contributed by atoms with Crippen LogP contribution in [-0.2, 0) is 6.54 Å². The molecule has 0 aliphatic heterocycles. The minimum absolute atomic E-state index is 0.504. The second-order valence-electron chi connectivity index (χ2n) is 2.22. The van der Waals surface area contributed by atoms with Gasteiger partial charge >= 0.3 is 0 Å². The van der Waals surface area contributed by atoms with Gasteiger partial charge in [-0.1, -0.05) is 0 Å². The summed E-state index contributed by atoms with van der Waals surface area (Å²) in [6.07, 6.45) is 1.63. The quantitative estimate of drug-likeness (QED) is 0.590. The maximum absolute atomic E-state index is 5.48. The van der Waals surface area contributed by atoms with Crippen molar-refractivity contribution in [3.05, 3.63) is 23.5 Å². The van der Waals surface area contributed by atoms with Crippen LogP contribution < -0.4 is 11.5 Å². The average molecular weight is 137 g/mol. The summed E-state index contributed by atoms with van der Waals surface area (Å²) in [7, 11) is 0. The molecular formula is C7H11N3. The van der Waals surface area contributed by atoms with E-state index in [0.717, 1.165) is 11.3 Å². The predicted octanol–water partition coefficient (Wildman–Crippen LogP) is 0.431. The minimum atomic E-state index is 0.504. The molecule has 1 aromatic rings. The number of pyridine rings is 1. The van der Waals surface area contributed by atoms with Crippen molar-refractivity contribution in [2.75, 3.05) is 5.73 Å². The first kappa shape index (κ1) is 7.02. The Bertz CT molecular complexity index is 232. The van der Waals surface area contributed by atoms with Gasteiger partial charge in [-0.3, -0.25) is 4.98 Å². The Labute approximate surface area is 60.1 Å². The maximum atomic E-state index is 5.48. The van der Waals surface area contributed by atoms with Gasteiger partial charge in [-0.15, -0.1) is 0 Å². The summed E-state index contributed by atoms with van der Waals surface area (Å²) in [5.41, 5.74) is 13.6. The Hall–Kier alpha value is -1.09. The number of nitrogens with two attached hydrogens (primary N) is 2. The molecule has 1 rings (SSSR count). The maximum Gasteiger partial charge on any atom is 0.0504 e. The van der Waals surface area contributed by atoms with Gasteiger partial charge < -0.3 is 11.5 Å². The summed E-state index contributed by atoms with van der Waals surface area (Å²) in [4.78, 5) is 4.04. The average Bonchev–Trinajstić information content (AvgIpc) is 1.94. The molecule has 0 saturated heterocycles. The van der Waals surface area contributed by atoms with Crippen molar-refractivity contribution in [2.24, 2.45) is 5.73 Å². The summed E-state index contributed by atoms with van der Waals surface area (Å²) in [5.74, 6) is 0. The van der Waals surface area contributed by atoms with Crippen molar-refractivity contribution in [1.29, 1.82) is 0 Å². The van der Waals surface area contributed by atoms with E-state index in [2.05, 4.69) is 4.98 Å². The first-order chi connectivity index (χ1) is 4.74. The summed E-state index contributed by atoms with van der Waals surface area (Å²) in [6, 6.07) is 1.85. The molecule has 0 radical (unpaired) electrons. The Balaban J connectivity index is 3.09. The molecule has 0 aliphatic rings. The third kappa shape index (κ3) is 1.25. The van der Waals surface area contributed by atoms with Crippen LogP contribution >= 0.6 is 0 Å². The number of nitrogen functional groups attached to an aromatic ring is 1. The zero-order valence-corrected chi connectivity index (χ0v) is 5.96. The van der Waals surface area contributed by atoms with Crippen molar-refractivity contribution in [3.63, 3.8) is 0 Å². The van der Waals surface area contributed by atoms with Crippen LogP contribution in [0.5, 0.6) is 0 Å². The van der Waals surface area contributed by atoms with Gasteiger partial charge in [0.25, 0.3) is 0 Å². The summed E-state index contributed by atoms with van der Waals surface area (Å²) in [6.45, 7) is 2.42. The topological polar surface area (TPSA) is 64.9 Å².